The van der Waals surface area contributed by atoms with Crippen molar-refractivity contribution in [3.8, 4) is 5.75 Å². The Kier molecular flexibility index (Phi) is 3.77. The molecule has 2 aromatic rings. The van der Waals surface area contributed by atoms with Crippen LogP contribution in [0.15, 0.2) is 30.5 Å². The highest BCUT2D eigenvalue weighted by atomic mass is 19.3. The number of aryl methyl sites for hydroxylation is 1. The number of fused-ring (bicyclic) bond motifs is 1. The van der Waals surface area contributed by atoms with Gasteiger partial charge >= 0.3 is 6.61 Å². The average molecular weight is 293 g/mol. The maximum atomic E-state index is 12.2. The second-order valence-corrected chi connectivity index (χ2v) is 5.00. The third kappa shape index (κ3) is 2.70. The number of ether oxygens (including phenoxy) is 1. The van der Waals surface area contributed by atoms with E-state index < -0.39 is 6.61 Å². The fourth-order valence-electron chi connectivity index (χ4n) is 2.72. The summed E-state index contributed by atoms with van der Waals surface area (Å²) < 4.78 is 30.7. The summed E-state index contributed by atoms with van der Waals surface area (Å²) in [4.78, 5) is 0. The molecular formula is C15H17F2N3O. The van der Waals surface area contributed by atoms with Gasteiger partial charge < -0.3 is 10.1 Å². The van der Waals surface area contributed by atoms with E-state index >= 15 is 0 Å². The summed E-state index contributed by atoms with van der Waals surface area (Å²) in [6.45, 7) is 0.178. The zero-order valence-corrected chi connectivity index (χ0v) is 11.7. The predicted octanol–water partition coefficient (Wildman–Crippen LogP) is 3.45. The van der Waals surface area contributed by atoms with Crippen LogP contribution in [-0.2, 0) is 6.42 Å². The van der Waals surface area contributed by atoms with Gasteiger partial charge in [0.05, 0.1) is 12.2 Å². The standard InChI is InChI=1S/C15H17F2N3O/c1-2-10-9-19-20-13(7-8-18-14(10)20)11-3-5-12(6-4-11)21-15(16)17/h3-6,9,13,15,18H,2,7-8H2,1H3. The Morgan fingerprint density at radius 2 is 2.14 bits per heavy atom. The van der Waals surface area contributed by atoms with Crippen molar-refractivity contribution in [2.75, 3.05) is 11.9 Å². The summed E-state index contributed by atoms with van der Waals surface area (Å²) in [5.74, 6) is 1.24. The minimum atomic E-state index is -2.79. The maximum absolute atomic E-state index is 12.2. The summed E-state index contributed by atoms with van der Waals surface area (Å²) >= 11 is 0. The lowest BCUT2D eigenvalue weighted by atomic mass is 10.0. The van der Waals surface area contributed by atoms with Gasteiger partial charge in [0, 0.05) is 12.1 Å². The average Bonchev–Trinajstić information content (AvgIpc) is 2.90. The van der Waals surface area contributed by atoms with E-state index in [4.69, 9.17) is 0 Å². The first-order chi connectivity index (χ1) is 10.2. The minimum Gasteiger partial charge on any atom is -0.435 e. The van der Waals surface area contributed by atoms with E-state index in [2.05, 4.69) is 22.1 Å². The van der Waals surface area contributed by atoms with Gasteiger partial charge in [-0.05, 0) is 30.5 Å². The lowest BCUT2D eigenvalue weighted by Gasteiger charge is -2.27. The van der Waals surface area contributed by atoms with Gasteiger partial charge in [0.15, 0.2) is 0 Å². The molecule has 2 heterocycles. The lowest BCUT2D eigenvalue weighted by Crippen LogP contribution is -2.24. The van der Waals surface area contributed by atoms with E-state index in [1.54, 1.807) is 12.1 Å². The number of anilines is 1. The van der Waals surface area contributed by atoms with Crippen LogP contribution in [0, 0.1) is 0 Å². The number of alkyl halides is 2. The highest BCUT2D eigenvalue weighted by Crippen LogP contribution is 2.32. The number of benzene rings is 1. The Morgan fingerprint density at radius 1 is 1.38 bits per heavy atom. The molecule has 0 saturated carbocycles. The van der Waals surface area contributed by atoms with Crippen molar-refractivity contribution < 1.29 is 13.5 Å². The predicted molar refractivity (Wildman–Crippen MR) is 75.9 cm³/mol. The number of hydrogen-bond acceptors (Lipinski definition) is 3. The van der Waals surface area contributed by atoms with Crippen LogP contribution in [0.2, 0.25) is 0 Å². The number of nitrogens with zero attached hydrogens (tertiary/aromatic N) is 2. The van der Waals surface area contributed by atoms with Crippen LogP contribution < -0.4 is 10.1 Å². The van der Waals surface area contributed by atoms with Crippen molar-refractivity contribution in [1.29, 1.82) is 0 Å². The van der Waals surface area contributed by atoms with Gasteiger partial charge in [0.1, 0.15) is 11.6 Å². The Morgan fingerprint density at radius 3 is 2.81 bits per heavy atom. The third-order valence-corrected chi connectivity index (χ3v) is 3.75. The molecule has 1 aromatic carbocycles. The summed E-state index contributed by atoms with van der Waals surface area (Å²) in [5.41, 5.74) is 2.24. The zero-order chi connectivity index (χ0) is 14.8. The van der Waals surface area contributed by atoms with Gasteiger partial charge in [-0.2, -0.15) is 13.9 Å². The van der Waals surface area contributed by atoms with Gasteiger partial charge in [0.25, 0.3) is 0 Å². The molecule has 0 amide bonds. The van der Waals surface area contributed by atoms with Gasteiger partial charge in [-0.3, -0.25) is 0 Å². The van der Waals surface area contributed by atoms with E-state index in [-0.39, 0.29) is 11.8 Å². The largest absolute Gasteiger partial charge is 0.435 e. The zero-order valence-electron chi connectivity index (χ0n) is 11.7. The van der Waals surface area contributed by atoms with Crippen molar-refractivity contribution in [3.05, 3.63) is 41.6 Å². The van der Waals surface area contributed by atoms with Crippen LogP contribution >= 0.6 is 0 Å². The highest BCUT2D eigenvalue weighted by molar-refractivity contribution is 5.47. The number of hydrogen-bond donors (Lipinski definition) is 1. The second-order valence-electron chi connectivity index (χ2n) is 5.00. The minimum absolute atomic E-state index is 0.127. The summed E-state index contributed by atoms with van der Waals surface area (Å²) in [5, 5.41) is 7.84. The molecule has 3 rings (SSSR count). The fraction of sp³-hybridized carbons (Fsp3) is 0.400. The molecular weight excluding hydrogens is 276 g/mol. The first kappa shape index (κ1) is 13.9. The van der Waals surface area contributed by atoms with Gasteiger partial charge in [-0.15, -0.1) is 0 Å². The van der Waals surface area contributed by atoms with E-state index in [9.17, 15) is 8.78 Å². The summed E-state index contributed by atoms with van der Waals surface area (Å²) in [6, 6.07) is 6.93. The van der Waals surface area contributed by atoms with Crippen LogP contribution in [0.25, 0.3) is 0 Å². The van der Waals surface area contributed by atoms with E-state index in [0.29, 0.717) is 0 Å². The SMILES string of the molecule is CCc1cnn2c1NCCC2c1ccc(OC(F)F)cc1. The molecule has 0 spiro atoms. The molecule has 0 saturated heterocycles. The topological polar surface area (TPSA) is 39.1 Å². The Bertz CT molecular complexity index is 610. The first-order valence-electron chi connectivity index (χ1n) is 7.04. The van der Waals surface area contributed by atoms with Crippen molar-refractivity contribution in [3.63, 3.8) is 0 Å². The summed E-state index contributed by atoms with van der Waals surface area (Å²) in [6.07, 6.45) is 3.72. The Hall–Kier alpha value is -2.11. The molecule has 1 aliphatic heterocycles. The van der Waals surface area contributed by atoms with Crippen molar-refractivity contribution >= 4 is 5.82 Å². The number of rotatable bonds is 4. The quantitative estimate of drug-likeness (QED) is 0.938. The van der Waals surface area contributed by atoms with Crippen molar-refractivity contribution in [2.45, 2.75) is 32.4 Å². The maximum Gasteiger partial charge on any atom is 0.387 e. The van der Waals surface area contributed by atoms with E-state index in [1.807, 2.05) is 23.0 Å². The molecule has 0 fully saturated rings. The molecule has 0 bridgehead atoms. The van der Waals surface area contributed by atoms with Crippen LogP contribution in [0.3, 0.4) is 0 Å². The molecule has 112 valence electrons. The van der Waals surface area contributed by atoms with Gasteiger partial charge in [0.2, 0.25) is 0 Å². The Balaban J connectivity index is 1.86. The lowest BCUT2D eigenvalue weighted by molar-refractivity contribution is -0.0498. The molecule has 6 heteroatoms. The van der Waals surface area contributed by atoms with Gasteiger partial charge in [-0.25, -0.2) is 4.68 Å². The molecule has 0 aliphatic carbocycles. The molecule has 1 N–H and O–H groups in total. The molecule has 0 radical (unpaired) electrons. The number of aromatic nitrogens is 2. The molecule has 1 aliphatic rings. The molecule has 1 aromatic heterocycles. The van der Waals surface area contributed by atoms with E-state index in [0.717, 1.165) is 30.8 Å². The molecule has 1 unspecified atom stereocenters. The van der Waals surface area contributed by atoms with Crippen LogP contribution in [0.4, 0.5) is 14.6 Å². The highest BCUT2D eigenvalue weighted by Gasteiger charge is 2.23. The smallest absolute Gasteiger partial charge is 0.387 e. The molecule has 1 atom stereocenters. The number of nitrogens with one attached hydrogen (secondary N) is 1. The van der Waals surface area contributed by atoms with Crippen LogP contribution in [-0.4, -0.2) is 22.9 Å². The molecule has 21 heavy (non-hydrogen) atoms. The van der Waals surface area contributed by atoms with Crippen molar-refractivity contribution in [1.82, 2.24) is 9.78 Å². The second kappa shape index (κ2) is 5.71. The van der Waals surface area contributed by atoms with Crippen LogP contribution in [0.1, 0.15) is 30.5 Å². The monoisotopic (exact) mass is 293 g/mol. The normalized spacial score (nSPS) is 17.4. The fourth-order valence-corrected chi connectivity index (χ4v) is 2.72. The Labute approximate surface area is 121 Å². The van der Waals surface area contributed by atoms with Crippen LogP contribution in [0.5, 0.6) is 5.75 Å². The van der Waals surface area contributed by atoms with Gasteiger partial charge in [-0.1, -0.05) is 19.1 Å². The third-order valence-electron chi connectivity index (χ3n) is 3.75. The number of halogens is 2. The molecule has 4 nitrogen and oxygen atoms in total. The van der Waals surface area contributed by atoms with Crippen molar-refractivity contribution in [2.24, 2.45) is 0 Å². The van der Waals surface area contributed by atoms with E-state index in [1.165, 1.54) is 5.56 Å². The first-order valence-corrected chi connectivity index (χ1v) is 7.04. The summed E-state index contributed by atoms with van der Waals surface area (Å²) in [7, 11) is 0.